The molecule has 6 nitrogen and oxygen atoms in total. The van der Waals surface area contributed by atoms with E-state index in [1.54, 1.807) is 29.1 Å². The molecule has 0 fully saturated rings. The van der Waals surface area contributed by atoms with E-state index in [9.17, 15) is 4.91 Å². The molecule has 1 unspecified atom stereocenters. The third kappa shape index (κ3) is 3.09. The van der Waals surface area contributed by atoms with E-state index in [1.807, 2.05) is 37.4 Å². The fourth-order valence-corrected chi connectivity index (χ4v) is 2.76. The van der Waals surface area contributed by atoms with Crippen LogP contribution < -0.4 is 11.1 Å². The fourth-order valence-electron chi connectivity index (χ4n) is 2.48. The zero-order valence-corrected chi connectivity index (χ0v) is 13.7. The number of aromatic nitrogens is 2. The van der Waals surface area contributed by atoms with Gasteiger partial charge in [-0.3, -0.25) is 0 Å². The lowest BCUT2D eigenvalue weighted by molar-refractivity contribution is 0.714. The molecule has 1 heterocycles. The lowest BCUT2D eigenvalue weighted by Crippen LogP contribution is -2.06. The number of hydrogen-bond acceptors (Lipinski definition) is 5. The van der Waals surface area contributed by atoms with Crippen molar-refractivity contribution in [3.63, 3.8) is 0 Å². The molecular formula is C17H16ClN5O. The fraction of sp³-hybridized carbons (Fsp3) is 0.118. The van der Waals surface area contributed by atoms with Gasteiger partial charge in [0.1, 0.15) is 5.82 Å². The average Bonchev–Trinajstić information content (AvgIpc) is 2.98. The molecule has 0 bridgehead atoms. The van der Waals surface area contributed by atoms with Gasteiger partial charge in [0.05, 0.1) is 11.4 Å². The number of nitroso groups, excluding NO2 is 1. The van der Waals surface area contributed by atoms with Gasteiger partial charge < -0.3 is 15.6 Å². The highest BCUT2D eigenvalue weighted by Gasteiger charge is 2.22. The maximum atomic E-state index is 11.3. The molecule has 3 rings (SSSR count). The predicted octanol–water partition coefficient (Wildman–Crippen LogP) is 4.26. The Hall–Kier alpha value is -2.86. The predicted molar refractivity (Wildman–Crippen MR) is 96.4 cm³/mol. The van der Waals surface area contributed by atoms with Gasteiger partial charge >= 0.3 is 0 Å². The SMILES string of the molecule is Cn1ccnc1C(N=O)c1ccc(Nc2ccccc2N)cc1Cl. The zero-order valence-electron chi connectivity index (χ0n) is 13.0. The van der Waals surface area contributed by atoms with Crippen molar-refractivity contribution in [2.24, 2.45) is 12.2 Å². The van der Waals surface area contributed by atoms with E-state index in [0.717, 1.165) is 11.4 Å². The van der Waals surface area contributed by atoms with E-state index in [4.69, 9.17) is 17.3 Å². The maximum Gasteiger partial charge on any atom is 0.176 e. The van der Waals surface area contributed by atoms with Gasteiger partial charge in [0.2, 0.25) is 0 Å². The molecule has 0 amide bonds. The number of aryl methyl sites for hydroxylation is 1. The number of nitrogen functional groups attached to an aromatic ring is 1. The van der Waals surface area contributed by atoms with E-state index < -0.39 is 6.04 Å². The molecule has 24 heavy (non-hydrogen) atoms. The average molecular weight is 342 g/mol. The van der Waals surface area contributed by atoms with Crippen LogP contribution >= 0.6 is 11.6 Å². The first kappa shape index (κ1) is 16.0. The Labute approximate surface area is 144 Å². The van der Waals surface area contributed by atoms with Crippen molar-refractivity contribution in [1.82, 2.24) is 9.55 Å². The number of nitrogens with one attached hydrogen (secondary N) is 1. The standard InChI is InChI=1S/C17H16ClN5O/c1-23-9-8-20-17(23)16(22-24)12-7-6-11(10-13(12)18)21-15-5-3-2-4-14(15)19/h2-10,16,21H,19H2,1H3. The Morgan fingerprint density at radius 1 is 1.29 bits per heavy atom. The van der Waals surface area contributed by atoms with Crippen LogP contribution in [0.15, 0.2) is 60.0 Å². The molecule has 0 saturated carbocycles. The lowest BCUT2D eigenvalue weighted by atomic mass is 10.1. The van der Waals surface area contributed by atoms with Crippen LogP contribution in [0.3, 0.4) is 0 Å². The van der Waals surface area contributed by atoms with Crippen LogP contribution in [0, 0.1) is 4.91 Å². The summed E-state index contributed by atoms with van der Waals surface area (Å²) < 4.78 is 1.75. The molecule has 3 N–H and O–H groups in total. The second kappa shape index (κ2) is 6.72. The van der Waals surface area contributed by atoms with Crippen LogP contribution in [0.25, 0.3) is 0 Å². The molecule has 2 aromatic carbocycles. The quantitative estimate of drug-likeness (QED) is 0.536. The maximum absolute atomic E-state index is 11.3. The minimum absolute atomic E-state index is 0.433. The Bertz CT molecular complexity index is 877. The number of rotatable bonds is 5. The zero-order chi connectivity index (χ0) is 17.1. The minimum Gasteiger partial charge on any atom is -0.397 e. The summed E-state index contributed by atoms with van der Waals surface area (Å²) in [6.45, 7) is 0. The summed E-state index contributed by atoms with van der Waals surface area (Å²) in [4.78, 5) is 15.5. The summed E-state index contributed by atoms with van der Waals surface area (Å²) in [6.07, 6.45) is 3.38. The van der Waals surface area contributed by atoms with Gasteiger partial charge in [-0.15, -0.1) is 4.91 Å². The van der Waals surface area contributed by atoms with Crippen LogP contribution in [0.5, 0.6) is 0 Å². The first-order valence-corrected chi connectivity index (χ1v) is 7.68. The number of nitrogens with zero attached hydrogens (tertiary/aromatic N) is 3. The number of halogens is 1. The third-order valence-electron chi connectivity index (χ3n) is 3.74. The molecule has 0 saturated heterocycles. The Balaban J connectivity index is 1.91. The smallest absolute Gasteiger partial charge is 0.176 e. The van der Waals surface area contributed by atoms with Crippen molar-refractivity contribution < 1.29 is 0 Å². The molecule has 0 radical (unpaired) electrons. The van der Waals surface area contributed by atoms with Crippen molar-refractivity contribution in [1.29, 1.82) is 0 Å². The van der Waals surface area contributed by atoms with Gasteiger partial charge in [-0.2, -0.15) is 0 Å². The van der Waals surface area contributed by atoms with Crippen LogP contribution in [0.2, 0.25) is 5.02 Å². The van der Waals surface area contributed by atoms with Crippen molar-refractivity contribution >= 4 is 28.7 Å². The minimum atomic E-state index is -0.756. The topological polar surface area (TPSA) is 85.3 Å². The number of imidazole rings is 1. The monoisotopic (exact) mass is 341 g/mol. The first-order chi connectivity index (χ1) is 11.6. The number of benzene rings is 2. The first-order valence-electron chi connectivity index (χ1n) is 7.31. The second-order valence-electron chi connectivity index (χ2n) is 5.35. The molecule has 122 valence electrons. The Morgan fingerprint density at radius 3 is 2.71 bits per heavy atom. The molecule has 0 aliphatic carbocycles. The molecular weight excluding hydrogens is 326 g/mol. The number of nitrogens with two attached hydrogens (primary N) is 1. The van der Waals surface area contributed by atoms with Crippen LogP contribution in [-0.2, 0) is 7.05 Å². The number of anilines is 3. The van der Waals surface area contributed by atoms with Crippen LogP contribution in [0.4, 0.5) is 17.1 Å². The van der Waals surface area contributed by atoms with E-state index in [0.29, 0.717) is 22.1 Å². The molecule has 0 aliphatic rings. The van der Waals surface area contributed by atoms with Gasteiger partial charge in [0.25, 0.3) is 0 Å². The summed E-state index contributed by atoms with van der Waals surface area (Å²) in [7, 11) is 1.81. The highest BCUT2D eigenvalue weighted by atomic mass is 35.5. The van der Waals surface area contributed by atoms with Crippen LogP contribution in [0.1, 0.15) is 17.4 Å². The van der Waals surface area contributed by atoms with Gasteiger partial charge in [-0.05, 0) is 24.3 Å². The van der Waals surface area contributed by atoms with Crippen molar-refractivity contribution in [3.05, 3.63) is 76.2 Å². The van der Waals surface area contributed by atoms with E-state index in [1.165, 1.54) is 0 Å². The highest BCUT2D eigenvalue weighted by Crippen LogP contribution is 2.33. The molecule has 1 atom stereocenters. The summed E-state index contributed by atoms with van der Waals surface area (Å²) in [5.74, 6) is 0.542. The molecule has 0 spiro atoms. The Morgan fingerprint density at radius 2 is 2.08 bits per heavy atom. The van der Waals surface area contributed by atoms with Gasteiger partial charge in [0.15, 0.2) is 6.04 Å². The molecule has 1 aromatic heterocycles. The van der Waals surface area contributed by atoms with E-state index in [2.05, 4.69) is 15.5 Å². The third-order valence-corrected chi connectivity index (χ3v) is 4.07. The highest BCUT2D eigenvalue weighted by molar-refractivity contribution is 6.31. The van der Waals surface area contributed by atoms with E-state index in [-0.39, 0.29) is 0 Å². The lowest BCUT2D eigenvalue weighted by Gasteiger charge is -2.14. The second-order valence-corrected chi connectivity index (χ2v) is 5.76. The number of hydrogen-bond donors (Lipinski definition) is 2. The van der Waals surface area contributed by atoms with Crippen molar-refractivity contribution in [2.75, 3.05) is 11.1 Å². The van der Waals surface area contributed by atoms with Crippen LogP contribution in [-0.4, -0.2) is 9.55 Å². The summed E-state index contributed by atoms with van der Waals surface area (Å²) in [5.41, 5.74) is 8.72. The summed E-state index contributed by atoms with van der Waals surface area (Å²) >= 11 is 6.37. The molecule has 3 aromatic rings. The van der Waals surface area contributed by atoms with Gasteiger partial charge in [-0.25, -0.2) is 4.98 Å². The van der Waals surface area contributed by atoms with Gasteiger partial charge in [-0.1, -0.05) is 35.0 Å². The largest absolute Gasteiger partial charge is 0.397 e. The molecule has 7 heteroatoms. The normalized spacial score (nSPS) is 11.9. The molecule has 0 aliphatic heterocycles. The van der Waals surface area contributed by atoms with E-state index >= 15 is 0 Å². The Kier molecular flexibility index (Phi) is 4.48. The van der Waals surface area contributed by atoms with Crippen molar-refractivity contribution in [3.8, 4) is 0 Å². The van der Waals surface area contributed by atoms with Crippen molar-refractivity contribution in [2.45, 2.75) is 6.04 Å². The summed E-state index contributed by atoms with van der Waals surface area (Å²) in [6, 6.07) is 12.0. The number of para-hydroxylation sites is 2. The summed E-state index contributed by atoms with van der Waals surface area (Å²) in [5, 5.41) is 6.83. The van der Waals surface area contributed by atoms with Gasteiger partial charge in [0, 0.05) is 35.7 Å².